The van der Waals surface area contributed by atoms with Crippen molar-refractivity contribution in [1.29, 1.82) is 0 Å². The van der Waals surface area contributed by atoms with Crippen LogP contribution in [0.4, 0.5) is 10.5 Å². The van der Waals surface area contributed by atoms with E-state index in [1.807, 2.05) is 6.92 Å². The number of methoxy groups -OCH3 is 1. The van der Waals surface area contributed by atoms with Gasteiger partial charge in [0.25, 0.3) is 0 Å². The lowest BCUT2D eigenvalue weighted by Gasteiger charge is -2.20. The van der Waals surface area contributed by atoms with Crippen molar-refractivity contribution >= 4 is 11.7 Å². The van der Waals surface area contributed by atoms with Gasteiger partial charge in [-0.25, -0.2) is 9.78 Å². The molecule has 0 unspecified atom stereocenters. The van der Waals surface area contributed by atoms with Crippen LogP contribution in [-0.2, 0) is 9.47 Å². The van der Waals surface area contributed by atoms with Gasteiger partial charge in [0.15, 0.2) is 0 Å². The van der Waals surface area contributed by atoms with Gasteiger partial charge < -0.3 is 24.8 Å². The zero-order valence-corrected chi connectivity index (χ0v) is 13.0. The summed E-state index contributed by atoms with van der Waals surface area (Å²) in [6.45, 7) is 3.53. The van der Waals surface area contributed by atoms with Crippen LogP contribution in [0.2, 0.25) is 0 Å². The molecule has 2 N–H and O–H groups in total. The molecule has 2 heterocycles. The standard InChI is InChI=1S/C15H23N3O4/c1-11(13-6-4-8-21-13)17-15(19)18-12-5-3-7-16-14(12)22-10-9-20-2/h3,5,7,11,13H,4,6,8-10H2,1-2H3,(H2,17,18,19)/t11-,13+/m1/s1. The Balaban J connectivity index is 1.87. The number of nitrogens with zero attached hydrogens (tertiary/aromatic N) is 1. The summed E-state index contributed by atoms with van der Waals surface area (Å²) in [6, 6.07) is 3.14. The lowest BCUT2D eigenvalue weighted by atomic mass is 10.1. The van der Waals surface area contributed by atoms with Crippen LogP contribution in [0.5, 0.6) is 5.88 Å². The lowest BCUT2D eigenvalue weighted by Crippen LogP contribution is -2.43. The highest BCUT2D eigenvalue weighted by molar-refractivity contribution is 5.90. The third-order valence-corrected chi connectivity index (χ3v) is 3.43. The Hall–Kier alpha value is -1.86. The number of carbonyl (C=O) groups excluding carboxylic acids is 1. The second-order valence-electron chi connectivity index (χ2n) is 5.14. The molecule has 2 rings (SSSR count). The molecule has 2 amide bonds. The first-order valence-corrected chi connectivity index (χ1v) is 7.46. The van der Waals surface area contributed by atoms with Crippen molar-refractivity contribution in [2.45, 2.75) is 31.9 Å². The van der Waals surface area contributed by atoms with Crippen LogP contribution in [0.1, 0.15) is 19.8 Å². The van der Waals surface area contributed by atoms with E-state index in [0.29, 0.717) is 24.8 Å². The van der Waals surface area contributed by atoms with Crippen molar-refractivity contribution < 1.29 is 19.0 Å². The Morgan fingerprint density at radius 2 is 2.41 bits per heavy atom. The number of anilines is 1. The minimum absolute atomic E-state index is 0.0444. The molecule has 2 atom stereocenters. The maximum Gasteiger partial charge on any atom is 0.319 e. The smallest absolute Gasteiger partial charge is 0.319 e. The molecule has 1 aliphatic heterocycles. The number of carbonyl (C=O) groups is 1. The molecular weight excluding hydrogens is 286 g/mol. The van der Waals surface area contributed by atoms with Gasteiger partial charge in [0, 0.05) is 19.9 Å². The average Bonchev–Trinajstić information content (AvgIpc) is 3.03. The fraction of sp³-hybridized carbons (Fsp3) is 0.600. The summed E-state index contributed by atoms with van der Waals surface area (Å²) in [6.07, 6.45) is 3.70. The number of hydrogen-bond acceptors (Lipinski definition) is 5. The first-order valence-electron chi connectivity index (χ1n) is 7.46. The van der Waals surface area contributed by atoms with Gasteiger partial charge in [-0.3, -0.25) is 0 Å². The number of rotatable bonds is 7. The Labute approximate surface area is 130 Å². The Morgan fingerprint density at radius 1 is 1.55 bits per heavy atom. The zero-order chi connectivity index (χ0) is 15.8. The van der Waals surface area contributed by atoms with E-state index in [9.17, 15) is 4.79 Å². The van der Waals surface area contributed by atoms with Gasteiger partial charge in [0.05, 0.1) is 18.8 Å². The Morgan fingerprint density at radius 3 is 3.14 bits per heavy atom. The maximum atomic E-state index is 12.1. The monoisotopic (exact) mass is 309 g/mol. The van der Waals surface area contributed by atoms with Gasteiger partial charge in [0.2, 0.25) is 5.88 Å². The number of hydrogen-bond donors (Lipinski definition) is 2. The first kappa shape index (κ1) is 16.5. The van der Waals surface area contributed by atoms with Crippen LogP contribution in [0.15, 0.2) is 18.3 Å². The second kappa shape index (κ2) is 8.55. The second-order valence-corrected chi connectivity index (χ2v) is 5.14. The van der Waals surface area contributed by atoms with E-state index >= 15 is 0 Å². The van der Waals surface area contributed by atoms with Crippen LogP contribution in [-0.4, -0.2) is 50.1 Å². The van der Waals surface area contributed by atoms with E-state index in [1.54, 1.807) is 25.4 Å². The number of pyridine rings is 1. The summed E-state index contributed by atoms with van der Waals surface area (Å²) in [4.78, 5) is 16.2. The van der Waals surface area contributed by atoms with Gasteiger partial charge in [-0.15, -0.1) is 0 Å². The molecular formula is C15H23N3O4. The molecule has 7 heteroatoms. The van der Waals surface area contributed by atoms with E-state index in [2.05, 4.69) is 15.6 Å². The summed E-state index contributed by atoms with van der Waals surface area (Å²) in [5, 5.41) is 5.64. The van der Waals surface area contributed by atoms with Gasteiger partial charge in [-0.2, -0.15) is 0 Å². The molecule has 0 aromatic carbocycles. The van der Waals surface area contributed by atoms with E-state index in [1.165, 1.54) is 0 Å². The molecule has 0 bridgehead atoms. The van der Waals surface area contributed by atoms with Gasteiger partial charge in [0.1, 0.15) is 12.3 Å². The first-order chi connectivity index (χ1) is 10.7. The highest BCUT2D eigenvalue weighted by Gasteiger charge is 2.23. The fourth-order valence-electron chi connectivity index (χ4n) is 2.28. The molecule has 7 nitrogen and oxygen atoms in total. The van der Waals surface area contributed by atoms with Gasteiger partial charge in [-0.1, -0.05) is 0 Å². The predicted molar refractivity (Wildman–Crippen MR) is 82.2 cm³/mol. The van der Waals surface area contributed by atoms with Crippen molar-refractivity contribution in [3.05, 3.63) is 18.3 Å². The third-order valence-electron chi connectivity index (χ3n) is 3.43. The molecule has 0 aliphatic carbocycles. The lowest BCUT2D eigenvalue weighted by molar-refractivity contribution is 0.0868. The summed E-state index contributed by atoms with van der Waals surface area (Å²) in [7, 11) is 1.60. The number of ether oxygens (including phenoxy) is 3. The number of amides is 2. The van der Waals surface area contributed by atoms with E-state index < -0.39 is 0 Å². The minimum Gasteiger partial charge on any atom is -0.474 e. The topological polar surface area (TPSA) is 81.7 Å². The number of urea groups is 1. The largest absolute Gasteiger partial charge is 0.474 e. The van der Waals surface area contributed by atoms with Crippen LogP contribution in [0.25, 0.3) is 0 Å². The van der Waals surface area contributed by atoms with Crippen LogP contribution < -0.4 is 15.4 Å². The molecule has 122 valence electrons. The highest BCUT2D eigenvalue weighted by atomic mass is 16.5. The molecule has 1 fully saturated rings. The zero-order valence-electron chi connectivity index (χ0n) is 13.0. The maximum absolute atomic E-state index is 12.1. The van der Waals surface area contributed by atoms with Crippen molar-refractivity contribution in [3.63, 3.8) is 0 Å². The van der Waals surface area contributed by atoms with Gasteiger partial charge in [-0.05, 0) is 31.9 Å². The quantitative estimate of drug-likeness (QED) is 0.751. The minimum atomic E-state index is -0.299. The highest BCUT2D eigenvalue weighted by Crippen LogP contribution is 2.20. The molecule has 1 aliphatic rings. The molecule has 1 saturated heterocycles. The predicted octanol–water partition coefficient (Wildman–Crippen LogP) is 1.80. The van der Waals surface area contributed by atoms with Crippen molar-refractivity contribution in [1.82, 2.24) is 10.3 Å². The van der Waals surface area contributed by atoms with Gasteiger partial charge >= 0.3 is 6.03 Å². The molecule has 0 spiro atoms. The SMILES string of the molecule is COCCOc1ncccc1NC(=O)N[C@H](C)[C@@H]1CCCO1. The third kappa shape index (κ3) is 4.85. The molecule has 22 heavy (non-hydrogen) atoms. The Kier molecular flexibility index (Phi) is 6.42. The summed E-state index contributed by atoms with van der Waals surface area (Å²) < 4.78 is 16.0. The summed E-state index contributed by atoms with van der Waals surface area (Å²) >= 11 is 0. The molecule has 1 aromatic rings. The molecule has 0 saturated carbocycles. The summed E-state index contributed by atoms with van der Waals surface area (Å²) in [5.74, 6) is 0.375. The van der Waals surface area contributed by atoms with Crippen molar-refractivity contribution in [3.8, 4) is 5.88 Å². The van der Waals surface area contributed by atoms with E-state index in [0.717, 1.165) is 19.4 Å². The van der Waals surface area contributed by atoms with E-state index in [-0.39, 0.29) is 18.2 Å². The fourth-order valence-corrected chi connectivity index (χ4v) is 2.28. The Bertz CT molecular complexity index is 478. The van der Waals surface area contributed by atoms with Crippen LogP contribution in [0.3, 0.4) is 0 Å². The molecule has 1 aromatic heterocycles. The van der Waals surface area contributed by atoms with Crippen molar-refractivity contribution in [2.24, 2.45) is 0 Å². The van der Waals surface area contributed by atoms with E-state index in [4.69, 9.17) is 14.2 Å². The average molecular weight is 309 g/mol. The number of nitrogens with one attached hydrogen (secondary N) is 2. The normalized spacial score (nSPS) is 18.7. The number of aromatic nitrogens is 1. The van der Waals surface area contributed by atoms with Crippen molar-refractivity contribution in [2.75, 3.05) is 32.2 Å². The molecule has 0 radical (unpaired) electrons. The van der Waals surface area contributed by atoms with Crippen LogP contribution in [0, 0.1) is 0 Å². The summed E-state index contributed by atoms with van der Waals surface area (Å²) in [5.41, 5.74) is 0.524. The van der Waals surface area contributed by atoms with Crippen LogP contribution >= 0.6 is 0 Å².